The molecule has 3 fully saturated rings. The molecular weight excluding hydrogens is 386 g/mol. The van der Waals surface area contributed by atoms with Gasteiger partial charge in [-0.15, -0.1) is 0 Å². The Bertz CT molecular complexity index is 840. The van der Waals surface area contributed by atoms with Crippen molar-refractivity contribution in [2.75, 3.05) is 19.8 Å². The SMILES string of the molecule is O[C@@H]1CO[C@H]2[C@@H]1OC[C@H]2Oc1nc2nc(CCC3CCCCO3)c(Cl)cc2[nH]1. The van der Waals surface area contributed by atoms with Crippen molar-refractivity contribution >= 4 is 22.8 Å². The Hall–Kier alpha value is -1.45. The molecule has 0 spiro atoms. The van der Waals surface area contributed by atoms with Crippen molar-refractivity contribution in [3.05, 3.63) is 16.8 Å². The molecule has 5 rings (SSSR count). The van der Waals surface area contributed by atoms with Gasteiger partial charge in [0, 0.05) is 6.61 Å². The third kappa shape index (κ3) is 3.59. The first-order chi connectivity index (χ1) is 13.7. The van der Waals surface area contributed by atoms with E-state index < -0.39 is 6.10 Å². The highest BCUT2D eigenvalue weighted by Crippen LogP contribution is 2.30. The third-order valence-corrected chi connectivity index (χ3v) is 6.03. The van der Waals surface area contributed by atoms with Crippen molar-refractivity contribution in [2.24, 2.45) is 0 Å². The molecule has 28 heavy (non-hydrogen) atoms. The minimum Gasteiger partial charge on any atom is -0.456 e. The molecule has 1 unspecified atom stereocenters. The number of rotatable bonds is 5. The topological polar surface area (TPSA) is 98.7 Å². The molecule has 3 aliphatic rings. The van der Waals surface area contributed by atoms with Crippen LogP contribution in [0.15, 0.2) is 6.07 Å². The molecule has 5 heterocycles. The van der Waals surface area contributed by atoms with E-state index in [1.54, 1.807) is 0 Å². The van der Waals surface area contributed by atoms with Gasteiger partial charge in [-0.05, 0) is 38.2 Å². The standard InChI is InChI=1S/C19H24ClN3O5/c20-11-7-13-18(21-12(11)5-4-10-3-1-2-6-25-10)23-19(22-13)28-15-9-27-16-14(24)8-26-17(15)16/h7,10,14-17,24H,1-6,8-9H2,(H,21,22,23)/t10?,14-,15-,16-,17-/m1/s1. The van der Waals surface area contributed by atoms with Crippen LogP contribution >= 0.6 is 11.6 Å². The van der Waals surface area contributed by atoms with Gasteiger partial charge < -0.3 is 29.0 Å². The number of aryl methyl sites for hydroxylation is 1. The number of nitrogens with zero attached hydrogens (tertiary/aromatic N) is 2. The lowest BCUT2D eigenvalue weighted by Crippen LogP contribution is -2.34. The van der Waals surface area contributed by atoms with E-state index in [1.165, 1.54) is 6.42 Å². The average molecular weight is 410 g/mol. The number of aromatic amines is 1. The molecule has 0 aromatic carbocycles. The van der Waals surface area contributed by atoms with Crippen molar-refractivity contribution in [1.82, 2.24) is 15.0 Å². The molecule has 2 N–H and O–H groups in total. The molecule has 0 saturated carbocycles. The summed E-state index contributed by atoms with van der Waals surface area (Å²) < 4.78 is 22.9. The molecule has 0 amide bonds. The smallest absolute Gasteiger partial charge is 0.296 e. The van der Waals surface area contributed by atoms with E-state index in [2.05, 4.69) is 15.0 Å². The summed E-state index contributed by atoms with van der Waals surface area (Å²) in [5.74, 6) is 0. The fraction of sp³-hybridized carbons (Fsp3) is 0.684. The van der Waals surface area contributed by atoms with E-state index >= 15 is 0 Å². The number of hydrogen-bond acceptors (Lipinski definition) is 7. The van der Waals surface area contributed by atoms with Crippen LogP contribution in [0.1, 0.15) is 31.4 Å². The zero-order valence-corrected chi connectivity index (χ0v) is 16.2. The Balaban J connectivity index is 1.28. The maximum Gasteiger partial charge on any atom is 0.296 e. The van der Waals surface area contributed by atoms with Gasteiger partial charge in [-0.1, -0.05) is 11.6 Å². The Kier molecular flexibility index (Phi) is 5.15. The van der Waals surface area contributed by atoms with Crippen LogP contribution in [-0.4, -0.2) is 70.4 Å². The summed E-state index contributed by atoms with van der Waals surface area (Å²) in [5.41, 5.74) is 2.12. The number of halogens is 1. The van der Waals surface area contributed by atoms with Gasteiger partial charge in [-0.3, -0.25) is 0 Å². The van der Waals surface area contributed by atoms with E-state index in [-0.39, 0.29) is 31.0 Å². The monoisotopic (exact) mass is 409 g/mol. The number of imidazole rings is 1. The number of ether oxygens (including phenoxy) is 4. The second-order valence-corrected chi connectivity index (χ2v) is 8.08. The Labute approximate surface area is 167 Å². The maximum absolute atomic E-state index is 9.84. The number of hydrogen-bond donors (Lipinski definition) is 2. The summed E-state index contributed by atoms with van der Waals surface area (Å²) in [6.45, 7) is 1.46. The number of aliphatic hydroxyl groups excluding tert-OH is 1. The number of pyridine rings is 1. The van der Waals surface area contributed by atoms with E-state index in [0.717, 1.165) is 43.5 Å². The van der Waals surface area contributed by atoms with E-state index in [9.17, 15) is 5.11 Å². The molecule has 5 atom stereocenters. The summed E-state index contributed by atoms with van der Waals surface area (Å²) in [4.78, 5) is 12.2. The number of aliphatic hydroxyl groups is 1. The summed E-state index contributed by atoms with van der Waals surface area (Å²) >= 11 is 6.43. The molecule has 0 bridgehead atoms. The molecule has 152 valence electrons. The number of nitrogens with one attached hydrogen (secondary N) is 1. The van der Waals surface area contributed by atoms with Gasteiger partial charge in [0.25, 0.3) is 6.01 Å². The summed E-state index contributed by atoms with van der Waals surface area (Å²) in [7, 11) is 0. The van der Waals surface area contributed by atoms with Gasteiger partial charge in [-0.2, -0.15) is 4.98 Å². The van der Waals surface area contributed by atoms with Gasteiger partial charge in [0.05, 0.1) is 35.6 Å². The van der Waals surface area contributed by atoms with Crippen LogP contribution in [0.25, 0.3) is 11.2 Å². The van der Waals surface area contributed by atoms with Crippen molar-refractivity contribution in [2.45, 2.75) is 62.6 Å². The highest BCUT2D eigenvalue weighted by Gasteiger charge is 2.48. The van der Waals surface area contributed by atoms with Gasteiger partial charge in [0.15, 0.2) is 11.8 Å². The summed E-state index contributed by atoms with van der Waals surface area (Å²) in [6.07, 6.45) is 3.88. The van der Waals surface area contributed by atoms with Crippen LogP contribution in [0, 0.1) is 0 Å². The Morgan fingerprint density at radius 2 is 2.07 bits per heavy atom. The van der Waals surface area contributed by atoms with E-state index in [1.807, 2.05) is 6.07 Å². The normalized spacial score (nSPS) is 32.7. The average Bonchev–Trinajstić information content (AvgIpc) is 3.38. The predicted octanol–water partition coefficient (Wildman–Crippen LogP) is 2.02. The molecule has 8 nitrogen and oxygen atoms in total. The van der Waals surface area contributed by atoms with Gasteiger partial charge in [-0.25, -0.2) is 4.98 Å². The molecule has 2 aromatic rings. The zero-order chi connectivity index (χ0) is 19.1. The van der Waals surface area contributed by atoms with Crippen LogP contribution < -0.4 is 4.74 Å². The largest absolute Gasteiger partial charge is 0.456 e. The summed E-state index contributed by atoms with van der Waals surface area (Å²) in [6, 6.07) is 2.19. The second-order valence-electron chi connectivity index (χ2n) is 7.68. The maximum atomic E-state index is 9.84. The molecule has 3 saturated heterocycles. The molecule has 0 radical (unpaired) electrons. The van der Waals surface area contributed by atoms with Gasteiger partial charge in [0.2, 0.25) is 0 Å². The molecular formula is C19H24ClN3O5. The number of aromatic nitrogens is 3. The molecule has 3 aliphatic heterocycles. The lowest BCUT2D eigenvalue weighted by Gasteiger charge is -2.22. The minimum absolute atomic E-state index is 0.264. The van der Waals surface area contributed by atoms with Crippen LogP contribution in [0.2, 0.25) is 5.02 Å². The van der Waals surface area contributed by atoms with Gasteiger partial charge >= 0.3 is 0 Å². The van der Waals surface area contributed by atoms with Crippen molar-refractivity contribution in [3.8, 4) is 6.01 Å². The molecule has 0 aliphatic carbocycles. The van der Waals surface area contributed by atoms with Crippen LogP contribution in [0.4, 0.5) is 0 Å². The van der Waals surface area contributed by atoms with Crippen molar-refractivity contribution in [3.63, 3.8) is 0 Å². The minimum atomic E-state index is -0.606. The fourth-order valence-electron chi connectivity index (χ4n) is 4.18. The third-order valence-electron chi connectivity index (χ3n) is 5.70. The lowest BCUT2D eigenvalue weighted by molar-refractivity contribution is 0.00705. The molecule has 2 aromatic heterocycles. The highest BCUT2D eigenvalue weighted by atomic mass is 35.5. The zero-order valence-electron chi connectivity index (χ0n) is 15.5. The highest BCUT2D eigenvalue weighted by molar-refractivity contribution is 6.31. The van der Waals surface area contributed by atoms with E-state index in [4.69, 9.17) is 30.5 Å². The van der Waals surface area contributed by atoms with Gasteiger partial charge in [0.1, 0.15) is 18.3 Å². The van der Waals surface area contributed by atoms with E-state index in [0.29, 0.717) is 23.3 Å². The second kappa shape index (κ2) is 7.76. The Morgan fingerprint density at radius 3 is 2.93 bits per heavy atom. The lowest BCUT2D eigenvalue weighted by atomic mass is 10.0. The first-order valence-electron chi connectivity index (χ1n) is 9.92. The first-order valence-corrected chi connectivity index (χ1v) is 10.3. The molecule has 9 heteroatoms. The van der Waals surface area contributed by atoms with Crippen molar-refractivity contribution in [1.29, 1.82) is 0 Å². The Morgan fingerprint density at radius 1 is 1.18 bits per heavy atom. The fourth-order valence-corrected chi connectivity index (χ4v) is 4.43. The van der Waals surface area contributed by atoms with Crippen LogP contribution in [0.3, 0.4) is 0 Å². The first kappa shape index (κ1) is 18.6. The van der Waals surface area contributed by atoms with Crippen molar-refractivity contribution < 1.29 is 24.1 Å². The predicted molar refractivity (Wildman–Crippen MR) is 101 cm³/mol. The number of H-pyrrole nitrogens is 1. The summed E-state index contributed by atoms with van der Waals surface area (Å²) in [5, 5.41) is 10.5. The van der Waals surface area contributed by atoms with Crippen LogP contribution in [-0.2, 0) is 20.6 Å². The quantitative estimate of drug-likeness (QED) is 0.779. The van der Waals surface area contributed by atoms with Crippen LogP contribution in [0.5, 0.6) is 6.01 Å². The number of fused-ring (bicyclic) bond motifs is 2.